The Hall–Kier alpha value is -3.60. The number of rotatable bonds is 6. The molecule has 0 atom stereocenters. The van der Waals surface area contributed by atoms with Gasteiger partial charge in [-0.2, -0.15) is 4.73 Å². The number of pyridine rings is 1. The number of ether oxygens (including phenoxy) is 1. The number of nitrogens with one attached hydrogen (secondary N) is 2. The van der Waals surface area contributed by atoms with Crippen LogP contribution in [0.25, 0.3) is 22.2 Å². The highest BCUT2D eigenvalue weighted by molar-refractivity contribution is 7.92. The van der Waals surface area contributed by atoms with Crippen molar-refractivity contribution in [3.05, 3.63) is 42.7 Å². The maximum atomic E-state index is 12.5. The molecule has 0 saturated heterocycles. The summed E-state index contributed by atoms with van der Waals surface area (Å²) in [5.74, 6) is -0.465. The summed E-state index contributed by atoms with van der Waals surface area (Å²) in [6.45, 7) is 8.68. The first-order valence-corrected chi connectivity index (χ1v) is 12.4. The zero-order valence-electron chi connectivity index (χ0n) is 19.9. The summed E-state index contributed by atoms with van der Waals surface area (Å²) in [4.78, 5) is 34.5. The van der Waals surface area contributed by atoms with Crippen molar-refractivity contribution in [3.8, 4) is 11.1 Å². The molecule has 0 bridgehead atoms. The normalized spacial score (nSPS) is 12.0. The molecule has 182 valence electrons. The van der Waals surface area contributed by atoms with Crippen LogP contribution in [0.3, 0.4) is 0 Å². The molecule has 3 rings (SSSR count). The molecular weight excluding hydrogens is 460 g/mol. The fourth-order valence-electron chi connectivity index (χ4n) is 3.00. The predicted molar refractivity (Wildman–Crippen MR) is 130 cm³/mol. The van der Waals surface area contributed by atoms with Crippen LogP contribution in [0.4, 0.5) is 16.2 Å². The van der Waals surface area contributed by atoms with E-state index in [1.54, 1.807) is 71.1 Å². The van der Waals surface area contributed by atoms with Crippen LogP contribution in [0, 0.1) is 5.41 Å². The lowest BCUT2D eigenvalue weighted by Gasteiger charge is -2.16. The van der Waals surface area contributed by atoms with Crippen molar-refractivity contribution in [1.82, 2.24) is 9.71 Å². The molecule has 2 N–H and O–H groups in total. The zero-order valence-corrected chi connectivity index (χ0v) is 20.7. The van der Waals surface area contributed by atoms with E-state index in [4.69, 9.17) is 9.57 Å². The van der Waals surface area contributed by atoms with Gasteiger partial charge in [0, 0.05) is 16.6 Å². The summed E-state index contributed by atoms with van der Waals surface area (Å²) in [5, 5.41) is 3.20. The molecule has 0 radical (unpaired) electrons. The molecule has 0 unspecified atom stereocenters. The van der Waals surface area contributed by atoms with E-state index in [2.05, 4.69) is 15.0 Å². The number of hydrogen-bond acceptors (Lipinski definition) is 7. The van der Waals surface area contributed by atoms with Crippen LogP contribution in [-0.4, -0.2) is 42.6 Å². The quantitative estimate of drug-likeness (QED) is 0.536. The van der Waals surface area contributed by atoms with Gasteiger partial charge in [0.25, 0.3) is 0 Å². The number of carbonyl (C=O) groups is 2. The Labute approximate surface area is 198 Å². The molecule has 0 saturated carbocycles. The van der Waals surface area contributed by atoms with Crippen molar-refractivity contribution in [1.29, 1.82) is 0 Å². The van der Waals surface area contributed by atoms with Gasteiger partial charge in [0.05, 0.1) is 35.9 Å². The van der Waals surface area contributed by atoms with Gasteiger partial charge in [-0.1, -0.05) is 12.1 Å². The van der Waals surface area contributed by atoms with Gasteiger partial charge >= 0.3 is 12.1 Å². The Morgan fingerprint density at radius 3 is 2.44 bits per heavy atom. The van der Waals surface area contributed by atoms with Crippen LogP contribution < -0.4 is 14.9 Å². The third kappa shape index (κ3) is 6.25. The van der Waals surface area contributed by atoms with Crippen molar-refractivity contribution in [2.45, 2.75) is 40.7 Å². The molecule has 1 aromatic carbocycles. The number of fused-ring (bicyclic) bond motifs is 1. The minimum Gasteiger partial charge on any atom is -0.447 e. The SMILES string of the molecule is CC(C)OC(=O)Nc1cnc2c(c1)c(-c1cccc(NS(C)(=O)=O)c1)cn2OC(=O)C(C)(C)C. The average Bonchev–Trinajstić information content (AvgIpc) is 3.03. The number of nitrogens with zero attached hydrogens (tertiary/aromatic N) is 2. The Morgan fingerprint density at radius 1 is 1.12 bits per heavy atom. The van der Waals surface area contributed by atoms with E-state index in [1.807, 2.05) is 0 Å². The molecule has 10 nitrogen and oxygen atoms in total. The minimum absolute atomic E-state index is 0.296. The predicted octanol–water partition coefficient (Wildman–Crippen LogP) is 4.03. The highest BCUT2D eigenvalue weighted by Crippen LogP contribution is 2.33. The average molecular weight is 489 g/mol. The van der Waals surface area contributed by atoms with Gasteiger partial charge in [0.2, 0.25) is 10.0 Å². The summed E-state index contributed by atoms with van der Waals surface area (Å²) in [6.07, 6.45) is 3.16. The topological polar surface area (TPSA) is 129 Å². The second kappa shape index (κ2) is 9.34. The monoisotopic (exact) mass is 488 g/mol. The van der Waals surface area contributed by atoms with E-state index >= 15 is 0 Å². The van der Waals surface area contributed by atoms with Crippen LogP contribution in [0.5, 0.6) is 0 Å². The maximum absolute atomic E-state index is 12.5. The lowest BCUT2D eigenvalue weighted by atomic mass is 9.98. The first-order chi connectivity index (χ1) is 15.7. The minimum atomic E-state index is -3.47. The summed E-state index contributed by atoms with van der Waals surface area (Å²) in [7, 11) is -3.47. The van der Waals surface area contributed by atoms with Gasteiger partial charge in [-0.05, 0) is 58.4 Å². The van der Waals surface area contributed by atoms with Gasteiger partial charge in [0.15, 0.2) is 5.65 Å². The number of aromatic nitrogens is 2. The van der Waals surface area contributed by atoms with Crippen LogP contribution in [-0.2, 0) is 19.6 Å². The van der Waals surface area contributed by atoms with Gasteiger partial charge in [-0.3, -0.25) is 10.0 Å². The van der Waals surface area contributed by atoms with E-state index in [9.17, 15) is 18.0 Å². The van der Waals surface area contributed by atoms with E-state index in [1.165, 1.54) is 10.9 Å². The zero-order chi connectivity index (χ0) is 25.3. The van der Waals surface area contributed by atoms with Crippen molar-refractivity contribution in [2.24, 2.45) is 5.41 Å². The highest BCUT2D eigenvalue weighted by Gasteiger charge is 2.26. The number of carbonyl (C=O) groups excluding carboxylic acids is 2. The summed E-state index contributed by atoms with van der Waals surface area (Å²) in [5.41, 5.74) is 1.60. The van der Waals surface area contributed by atoms with Gasteiger partial charge < -0.3 is 9.57 Å². The van der Waals surface area contributed by atoms with E-state index in [-0.39, 0.29) is 6.10 Å². The molecule has 34 heavy (non-hydrogen) atoms. The van der Waals surface area contributed by atoms with E-state index in [0.717, 1.165) is 6.26 Å². The van der Waals surface area contributed by atoms with Crippen LogP contribution >= 0.6 is 0 Å². The first kappa shape index (κ1) is 25.0. The van der Waals surface area contributed by atoms with Gasteiger partial charge in [0.1, 0.15) is 0 Å². The third-order valence-corrected chi connectivity index (χ3v) is 5.08. The first-order valence-electron chi connectivity index (χ1n) is 10.5. The Bertz CT molecular complexity index is 1340. The number of amides is 1. The fraction of sp³-hybridized carbons (Fsp3) is 0.348. The molecule has 0 aliphatic heterocycles. The smallest absolute Gasteiger partial charge is 0.411 e. The second-order valence-electron chi connectivity index (χ2n) is 9.13. The second-order valence-corrected chi connectivity index (χ2v) is 10.9. The number of anilines is 2. The van der Waals surface area contributed by atoms with Crippen LogP contribution in [0.15, 0.2) is 42.7 Å². The Morgan fingerprint density at radius 2 is 1.82 bits per heavy atom. The summed E-state index contributed by atoms with van der Waals surface area (Å²) in [6, 6.07) is 8.43. The summed E-state index contributed by atoms with van der Waals surface area (Å²) < 4.78 is 32.2. The van der Waals surface area contributed by atoms with Gasteiger partial charge in [-0.15, -0.1) is 0 Å². The Kier molecular flexibility index (Phi) is 6.87. The molecule has 0 aliphatic rings. The molecular formula is C23H28N4O6S. The van der Waals surface area contributed by atoms with Crippen LogP contribution in [0.2, 0.25) is 0 Å². The number of sulfonamides is 1. The largest absolute Gasteiger partial charge is 0.447 e. The van der Waals surface area contributed by atoms with Crippen molar-refractivity contribution < 1.29 is 27.6 Å². The molecule has 0 aliphatic carbocycles. The number of benzene rings is 1. The molecule has 0 spiro atoms. The standard InChI is InChI=1S/C23H28N4O6S/c1-14(2)32-22(29)25-17-11-18-19(15-8-7-9-16(10-15)26-34(6,30)31)13-27(20(18)24-12-17)33-21(28)23(3,4)5/h7-14,26H,1-6H3,(H,25,29). The maximum Gasteiger partial charge on any atom is 0.411 e. The van der Waals surface area contributed by atoms with Crippen molar-refractivity contribution >= 4 is 44.5 Å². The lowest BCUT2D eigenvalue weighted by molar-refractivity contribution is -0.152. The molecule has 3 aromatic rings. The van der Waals surface area contributed by atoms with Crippen molar-refractivity contribution in [2.75, 3.05) is 16.3 Å². The molecule has 1 amide bonds. The van der Waals surface area contributed by atoms with Crippen LogP contribution in [0.1, 0.15) is 34.6 Å². The molecule has 2 aromatic heterocycles. The Balaban J connectivity index is 2.11. The third-order valence-electron chi connectivity index (χ3n) is 4.47. The highest BCUT2D eigenvalue weighted by atomic mass is 32.2. The van der Waals surface area contributed by atoms with E-state index < -0.39 is 27.5 Å². The molecule has 11 heteroatoms. The van der Waals surface area contributed by atoms with E-state index in [0.29, 0.717) is 33.5 Å². The lowest BCUT2D eigenvalue weighted by Crippen LogP contribution is -2.31. The fourth-order valence-corrected chi connectivity index (χ4v) is 3.55. The van der Waals surface area contributed by atoms with Crippen molar-refractivity contribution in [3.63, 3.8) is 0 Å². The molecule has 0 fully saturated rings. The molecule has 2 heterocycles. The summed E-state index contributed by atoms with van der Waals surface area (Å²) >= 11 is 0. The number of hydrogen-bond donors (Lipinski definition) is 2. The van der Waals surface area contributed by atoms with Gasteiger partial charge in [-0.25, -0.2) is 23.0 Å².